The van der Waals surface area contributed by atoms with E-state index in [-0.39, 0.29) is 5.82 Å². The average Bonchev–Trinajstić information content (AvgIpc) is 3.14. The van der Waals surface area contributed by atoms with Gasteiger partial charge in [-0.15, -0.1) is 15.3 Å². The van der Waals surface area contributed by atoms with Crippen LogP contribution in [0.2, 0.25) is 0 Å². The Balaban J connectivity index is 1.79. The maximum absolute atomic E-state index is 14.0. The van der Waals surface area contributed by atoms with Gasteiger partial charge in [0, 0.05) is 13.1 Å². The molecular formula is C15H11FN6O. The zero-order chi connectivity index (χ0) is 15.8. The molecule has 1 aromatic carbocycles. The fourth-order valence-electron chi connectivity index (χ4n) is 2.21. The highest BCUT2D eigenvalue weighted by Gasteiger charge is 2.14. The Morgan fingerprint density at radius 2 is 1.96 bits per heavy atom. The number of hydrogen-bond donors (Lipinski definition) is 0. The molecule has 0 aliphatic rings. The predicted octanol–water partition coefficient (Wildman–Crippen LogP) is 2.46. The summed E-state index contributed by atoms with van der Waals surface area (Å²) in [4.78, 5) is 0. The molecule has 3 heterocycles. The summed E-state index contributed by atoms with van der Waals surface area (Å²) in [7, 11) is 1.79. The van der Waals surface area contributed by atoms with E-state index in [0.717, 1.165) is 0 Å². The van der Waals surface area contributed by atoms with E-state index in [2.05, 4.69) is 20.4 Å². The molecule has 0 atom stereocenters. The number of aromatic nitrogens is 6. The standard InChI is InChI=1S/C15H11FN6O/c1-21-9-10(8-17-21)23-14-7-6-13-18-19-15(22(13)20-14)11-4-2-3-5-12(11)16/h2-9H,1H3. The van der Waals surface area contributed by atoms with Crippen LogP contribution < -0.4 is 4.74 Å². The van der Waals surface area contributed by atoms with Gasteiger partial charge in [0.05, 0.1) is 18.0 Å². The highest BCUT2D eigenvalue weighted by atomic mass is 19.1. The first-order valence-electron chi connectivity index (χ1n) is 6.84. The van der Waals surface area contributed by atoms with Crippen LogP contribution in [0.3, 0.4) is 0 Å². The maximum Gasteiger partial charge on any atom is 0.237 e. The lowest BCUT2D eigenvalue weighted by molar-refractivity contribution is 0.452. The molecule has 0 bridgehead atoms. The van der Waals surface area contributed by atoms with Crippen LogP contribution in [0, 0.1) is 5.82 Å². The molecule has 0 spiro atoms. The molecule has 8 heteroatoms. The van der Waals surface area contributed by atoms with Crippen molar-refractivity contribution in [1.29, 1.82) is 0 Å². The lowest BCUT2D eigenvalue weighted by atomic mass is 10.2. The lowest BCUT2D eigenvalue weighted by Gasteiger charge is -2.04. The Morgan fingerprint density at radius 3 is 2.74 bits per heavy atom. The molecule has 0 aliphatic heterocycles. The van der Waals surface area contributed by atoms with Crippen molar-refractivity contribution in [3.63, 3.8) is 0 Å². The van der Waals surface area contributed by atoms with Crippen LogP contribution >= 0.6 is 0 Å². The topological polar surface area (TPSA) is 70.1 Å². The highest BCUT2D eigenvalue weighted by molar-refractivity contribution is 5.59. The van der Waals surface area contributed by atoms with Gasteiger partial charge in [-0.1, -0.05) is 12.1 Å². The number of ether oxygens (including phenoxy) is 1. The summed E-state index contributed by atoms with van der Waals surface area (Å²) < 4.78 is 22.7. The molecule has 7 nitrogen and oxygen atoms in total. The summed E-state index contributed by atoms with van der Waals surface area (Å²) in [6.07, 6.45) is 3.30. The van der Waals surface area contributed by atoms with E-state index in [4.69, 9.17) is 4.74 Å². The van der Waals surface area contributed by atoms with Gasteiger partial charge in [0.15, 0.2) is 17.2 Å². The van der Waals surface area contributed by atoms with Crippen LogP contribution in [-0.2, 0) is 7.05 Å². The SMILES string of the molecule is Cn1cc(Oc2ccc3nnc(-c4ccccc4F)n3n2)cn1. The quantitative estimate of drug-likeness (QED) is 0.581. The molecule has 114 valence electrons. The van der Waals surface area contributed by atoms with E-state index in [9.17, 15) is 4.39 Å². The van der Waals surface area contributed by atoms with Gasteiger partial charge >= 0.3 is 0 Å². The van der Waals surface area contributed by atoms with E-state index < -0.39 is 0 Å². The first-order valence-corrected chi connectivity index (χ1v) is 6.84. The first-order chi connectivity index (χ1) is 11.2. The Morgan fingerprint density at radius 1 is 1.09 bits per heavy atom. The zero-order valence-electron chi connectivity index (χ0n) is 12.1. The van der Waals surface area contributed by atoms with Gasteiger partial charge in [0.1, 0.15) is 5.82 Å². The van der Waals surface area contributed by atoms with Crippen LogP contribution in [-0.4, -0.2) is 29.6 Å². The molecular weight excluding hydrogens is 299 g/mol. The second-order valence-electron chi connectivity index (χ2n) is 4.90. The third-order valence-electron chi connectivity index (χ3n) is 3.26. The molecule has 0 aliphatic carbocycles. The molecule has 0 amide bonds. The van der Waals surface area contributed by atoms with Gasteiger partial charge < -0.3 is 4.74 Å². The smallest absolute Gasteiger partial charge is 0.237 e. The third kappa shape index (κ3) is 2.39. The summed E-state index contributed by atoms with van der Waals surface area (Å²) in [5.74, 6) is 0.819. The lowest BCUT2D eigenvalue weighted by Crippen LogP contribution is -1.98. The molecule has 3 aromatic heterocycles. The Bertz CT molecular complexity index is 992. The van der Waals surface area contributed by atoms with Crippen molar-refractivity contribution in [2.45, 2.75) is 0 Å². The van der Waals surface area contributed by atoms with Gasteiger partial charge in [-0.2, -0.15) is 9.61 Å². The molecule has 0 fully saturated rings. The molecule has 0 unspecified atom stereocenters. The summed E-state index contributed by atoms with van der Waals surface area (Å²) in [6, 6.07) is 9.72. The van der Waals surface area contributed by atoms with Crippen molar-refractivity contribution >= 4 is 5.65 Å². The van der Waals surface area contributed by atoms with Crippen molar-refractivity contribution in [2.75, 3.05) is 0 Å². The van der Waals surface area contributed by atoms with E-state index in [1.54, 1.807) is 54.5 Å². The van der Waals surface area contributed by atoms with Crippen molar-refractivity contribution < 1.29 is 9.13 Å². The number of rotatable bonds is 3. The van der Waals surface area contributed by atoms with E-state index >= 15 is 0 Å². The number of fused-ring (bicyclic) bond motifs is 1. The summed E-state index contributed by atoms with van der Waals surface area (Å²) in [5.41, 5.74) is 0.827. The predicted molar refractivity (Wildman–Crippen MR) is 79.5 cm³/mol. The number of aryl methyl sites for hydroxylation is 1. The number of halogens is 1. The van der Waals surface area contributed by atoms with Crippen molar-refractivity contribution in [2.24, 2.45) is 7.05 Å². The highest BCUT2D eigenvalue weighted by Crippen LogP contribution is 2.23. The minimum absolute atomic E-state index is 0.315. The van der Waals surface area contributed by atoms with Crippen molar-refractivity contribution in [3.8, 4) is 23.0 Å². The fourth-order valence-corrected chi connectivity index (χ4v) is 2.21. The summed E-state index contributed by atoms with van der Waals surface area (Å²) >= 11 is 0. The molecule has 0 radical (unpaired) electrons. The Hall–Kier alpha value is -3.29. The average molecular weight is 310 g/mol. The fraction of sp³-hybridized carbons (Fsp3) is 0.0667. The molecule has 23 heavy (non-hydrogen) atoms. The van der Waals surface area contributed by atoms with Crippen LogP contribution in [0.1, 0.15) is 0 Å². The molecule has 0 saturated carbocycles. The van der Waals surface area contributed by atoms with Crippen LogP contribution in [0.5, 0.6) is 11.6 Å². The molecule has 0 saturated heterocycles. The molecule has 0 N–H and O–H groups in total. The van der Waals surface area contributed by atoms with Gasteiger partial charge in [-0.25, -0.2) is 4.39 Å². The van der Waals surface area contributed by atoms with E-state index in [1.807, 2.05) is 0 Å². The molecule has 4 rings (SSSR count). The summed E-state index contributed by atoms with van der Waals surface area (Å²) in [6.45, 7) is 0. The van der Waals surface area contributed by atoms with Gasteiger partial charge in [-0.05, 0) is 18.2 Å². The largest absolute Gasteiger partial charge is 0.434 e. The van der Waals surface area contributed by atoms with Crippen LogP contribution in [0.25, 0.3) is 17.0 Å². The van der Waals surface area contributed by atoms with Gasteiger partial charge in [-0.3, -0.25) is 4.68 Å². The second kappa shape index (κ2) is 5.16. The minimum atomic E-state index is -0.387. The second-order valence-corrected chi connectivity index (χ2v) is 4.90. The number of nitrogens with zero attached hydrogens (tertiary/aromatic N) is 6. The Labute approximate surface area is 130 Å². The van der Waals surface area contributed by atoms with Crippen LogP contribution in [0.15, 0.2) is 48.8 Å². The van der Waals surface area contributed by atoms with Gasteiger partial charge in [0.2, 0.25) is 5.88 Å². The normalized spacial score (nSPS) is 11.0. The number of benzene rings is 1. The summed E-state index contributed by atoms with van der Waals surface area (Å²) in [5, 5.41) is 16.4. The first kappa shape index (κ1) is 13.4. The van der Waals surface area contributed by atoms with E-state index in [1.165, 1.54) is 10.6 Å². The maximum atomic E-state index is 14.0. The third-order valence-corrected chi connectivity index (χ3v) is 3.26. The molecule has 4 aromatic rings. The zero-order valence-corrected chi connectivity index (χ0v) is 12.1. The van der Waals surface area contributed by atoms with Crippen LogP contribution in [0.4, 0.5) is 4.39 Å². The van der Waals surface area contributed by atoms with E-state index in [0.29, 0.717) is 28.7 Å². The Kier molecular flexibility index (Phi) is 3.00. The van der Waals surface area contributed by atoms with Crippen molar-refractivity contribution in [3.05, 3.63) is 54.6 Å². The van der Waals surface area contributed by atoms with Crippen molar-refractivity contribution in [1.82, 2.24) is 29.6 Å². The minimum Gasteiger partial charge on any atom is -0.434 e. The monoisotopic (exact) mass is 310 g/mol. The van der Waals surface area contributed by atoms with Gasteiger partial charge in [0.25, 0.3) is 0 Å². The number of hydrogen-bond acceptors (Lipinski definition) is 5.